The van der Waals surface area contributed by atoms with Crippen LogP contribution < -0.4 is 5.32 Å². The minimum Gasteiger partial charge on any atom is -0.481 e. The van der Waals surface area contributed by atoms with E-state index >= 15 is 0 Å². The molecular weight excluding hydrogens is 272 g/mol. The van der Waals surface area contributed by atoms with Gasteiger partial charge < -0.3 is 20.1 Å². The number of carboxylic acids is 1. The maximum Gasteiger partial charge on any atom is 0.317 e. The Hall–Kier alpha value is -1.30. The first-order valence-electron chi connectivity index (χ1n) is 7.68. The van der Waals surface area contributed by atoms with Crippen molar-refractivity contribution in [3.63, 3.8) is 0 Å². The monoisotopic (exact) mass is 300 g/mol. The van der Waals surface area contributed by atoms with Gasteiger partial charge in [0.25, 0.3) is 0 Å². The van der Waals surface area contributed by atoms with Crippen molar-refractivity contribution >= 4 is 12.0 Å². The topological polar surface area (TPSA) is 78.9 Å². The number of carbonyl (C=O) groups is 2. The van der Waals surface area contributed by atoms with Crippen molar-refractivity contribution in [2.45, 2.75) is 52.7 Å². The SMILES string of the molecule is CC(C)CC(CNC(=O)N1CC(C)OC(C)C1)CC(=O)O. The number of carbonyl (C=O) groups excluding carboxylic acids is 1. The van der Waals surface area contributed by atoms with Gasteiger partial charge in [-0.2, -0.15) is 0 Å². The highest BCUT2D eigenvalue weighted by atomic mass is 16.5. The summed E-state index contributed by atoms with van der Waals surface area (Å²) < 4.78 is 5.60. The van der Waals surface area contributed by atoms with E-state index in [0.29, 0.717) is 25.6 Å². The average Bonchev–Trinajstić information content (AvgIpc) is 2.32. The summed E-state index contributed by atoms with van der Waals surface area (Å²) in [5, 5.41) is 11.8. The second kappa shape index (κ2) is 8.22. The van der Waals surface area contributed by atoms with Gasteiger partial charge in [-0.3, -0.25) is 4.79 Å². The summed E-state index contributed by atoms with van der Waals surface area (Å²) in [5.41, 5.74) is 0. The zero-order valence-electron chi connectivity index (χ0n) is 13.5. The van der Waals surface area contributed by atoms with Gasteiger partial charge in [0.1, 0.15) is 0 Å². The highest BCUT2D eigenvalue weighted by Gasteiger charge is 2.26. The molecule has 0 saturated carbocycles. The Kier molecular flexibility index (Phi) is 6.95. The van der Waals surface area contributed by atoms with Crippen molar-refractivity contribution in [3.05, 3.63) is 0 Å². The summed E-state index contributed by atoms with van der Waals surface area (Å²) in [5.74, 6) is -0.430. The summed E-state index contributed by atoms with van der Waals surface area (Å²) in [6.45, 7) is 9.56. The van der Waals surface area contributed by atoms with Crippen LogP contribution in [-0.2, 0) is 9.53 Å². The summed E-state index contributed by atoms with van der Waals surface area (Å²) in [6, 6.07) is -0.129. The normalized spacial score (nSPS) is 24.0. The molecule has 1 rings (SSSR count). The van der Waals surface area contributed by atoms with Crippen LogP contribution in [0.3, 0.4) is 0 Å². The summed E-state index contributed by atoms with van der Waals surface area (Å²) in [7, 11) is 0. The standard InChI is InChI=1S/C15H28N2O4/c1-10(2)5-13(6-14(18)19)7-16-15(20)17-8-11(3)21-12(4)9-17/h10-13H,5-9H2,1-4H3,(H,16,20)(H,18,19). The molecule has 0 aromatic rings. The van der Waals surface area contributed by atoms with Gasteiger partial charge in [0.2, 0.25) is 0 Å². The van der Waals surface area contributed by atoms with Gasteiger partial charge in [0.05, 0.1) is 12.2 Å². The van der Waals surface area contributed by atoms with Gasteiger partial charge in [-0.05, 0) is 32.1 Å². The third-order valence-electron chi connectivity index (χ3n) is 3.52. The summed E-state index contributed by atoms with van der Waals surface area (Å²) in [6.07, 6.45) is 0.951. The first-order valence-corrected chi connectivity index (χ1v) is 7.68. The van der Waals surface area contributed by atoms with Crippen LogP contribution >= 0.6 is 0 Å². The van der Waals surface area contributed by atoms with Crippen LogP contribution in [0, 0.1) is 11.8 Å². The molecule has 0 aromatic carbocycles. The lowest BCUT2D eigenvalue weighted by atomic mass is 9.94. The molecule has 6 nitrogen and oxygen atoms in total. The van der Waals surface area contributed by atoms with E-state index in [0.717, 1.165) is 6.42 Å². The fourth-order valence-corrected chi connectivity index (χ4v) is 2.84. The first-order chi connectivity index (χ1) is 9.77. The number of carboxylic acid groups (broad SMARTS) is 1. The van der Waals surface area contributed by atoms with E-state index in [1.165, 1.54) is 0 Å². The van der Waals surface area contributed by atoms with E-state index in [1.54, 1.807) is 4.90 Å². The van der Waals surface area contributed by atoms with Crippen molar-refractivity contribution in [2.24, 2.45) is 11.8 Å². The van der Waals surface area contributed by atoms with Crippen LogP contribution in [0.1, 0.15) is 40.5 Å². The van der Waals surface area contributed by atoms with Crippen molar-refractivity contribution in [1.29, 1.82) is 0 Å². The van der Waals surface area contributed by atoms with E-state index in [2.05, 4.69) is 19.2 Å². The zero-order chi connectivity index (χ0) is 16.0. The molecule has 0 spiro atoms. The second-order valence-electron chi connectivity index (χ2n) is 6.44. The Labute approximate surface area is 126 Å². The molecule has 1 fully saturated rings. The number of aliphatic carboxylic acids is 1. The lowest BCUT2D eigenvalue weighted by Crippen LogP contribution is -2.52. The second-order valence-corrected chi connectivity index (χ2v) is 6.44. The maximum absolute atomic E-state index is 12.2. The Balaban J connectivity index is 2.46. The maximum atomic E-state index is 12.2. The number of hydrogen-bond acceptors (Lipinski definition) is 3. The Morgan fingerprint density at radius 3 is 2.33 bits per heavy atom. The molecule has 21 heavy (non-hydrogen) atoms. The fraction of sp³-hybridized carbons (Fsp3) is 0.867. The number of amides is 2. The van der Waals surface area contributed by atoms with Gasteiger partial charge in [0, 0.05) is 26.1 Å². The van der Waals surface area contributed by atoms with Crippen LogP contribution in [0.4, 0.5) is 4.79 Å². The van der Waals surface area contributed by atoms with Crippen LogP contribution in [-0.4, -0.2) is 53.8 Å². The summed E-state index contributed by atoms with van der Waals surface area (Å²) in [4.78, 5) is 24.8. The molecule has 0 aliphatic carbocycles. The molecule has 3 atom stereocenters. The highest BCUT2D eigenvalue weighted by Crippen LogP contribution is 2.15. The Bertz CT molecular complexity index is 350. The average molecular weight is 300 g/mol. The lowest BCUT2D eigenvalue weighted by molar-refractivity contribution is -0.138. The van der Waals surface area contributed by atoms with E-state index in [-0.39, 0.29) is 30.6 Å². The van der Waals surface area contributed by atoms with Crippen molar-refractivity contribution in [2.75, 3.05) is 19.6 Å². The van der Waals surface area contributed by atoms with Crippen LogP contribution in [0.15, 0.2) is 0 Å². The number of nitrogens with zero attached hydrogens (tertiary/aromatic N) is 1. The first kappa shape index (κ1) is 17.8. The molecular formula is C15H28N2O4. The number of urea groups is 1. The van der Waals surface area contributed by atoms with Crippen molar-refractivity contribution in [3.8, 4) is 0 Å². The number of ether oxygens (including phenoxy) is 1. The largest absolute Gasteiger partial charge is 0.481 e. The van der Waals surface area contributed by atoms with E-state index < -0.39 is 5.97 Å². The predicted octanol–water partition coefficient (Wildman–Crippen LogP) is 1.94. The lowest BCUT2D eigenvalue weighted by Gasteiger charge is -2.35. The van der Waals surface area contributed by atoms with Gasteiger partial charge in [-0.1, -0.05) is 13.8 Å². The number of hydrogen-bond donors (Lipinski definition) is 2. The minimum atomic E-state index is -0.816. The molecule has 1 heterocycles. The highest BCUT2D eigenvalue weighted by molar-refractivity contribution is 5.74. The van der Waals surface area contributed by atoms with E-state index in [1.807, 2.05) is 13.8 Å². The molecule has 3 unspecified atom stereocenters. The number of rotatable bonds is 6. The number of nitrogens with one attached hydrogen (secondary N) is 1. The Morgan fingerprint density at radius 1 is 1.29 bits per heavy atom. The quantitative estimate of drug-likeness (QED) is 0.786. The molecule has 1 aliphatic heterocycles. The molecule has 1 saturated heterocycles. The van der Waals surface area contributed by atoms with E-state index in [4.69, 9.17) is 9.84 Å². The smallest absolute Gasteiger partial charge is 0.317 e. The van der Waals surface area contributed by atoms with E-state index in [9.17, 15) is 9.59 Å². The summed E-state index contributed by atoms with van der Waals surface area (Å²) >= 11 is 0. The molecule has 122 valence electrons. The van der Waals surface area contributed by atoms with Gasteiger partial charge in [-0.25, -0.2) is 4.79 Å². The Morgan fingerprint density at radius 2 is 1.86 bits per heavy atom. The molecule has 0 aromatic heterocycles. The van der Waals surface area contributed by atoms with Crippen LogP contribution in [0.5, 0.6) is 0 Å². The molecule has 1 aliphatic rings. The zero-order valence-corrected chi connectivity index (χ0v) is 13.5. The van der Waals surface area contributed by atoms with Crippen molar-refractivity contribution < 1.29 is 19.4 Å². The van der Waals surface area contributed by atoms with Gasteiger partial charge in [-0.15, -0.1) is 0 Å². The third-order valence-corrected chi connectivity index (χ3v) is 3.52. The van der Waals surface area contributed by atoms with Crippen LogP contribution in [0.25, 0.3) is 0 Å². The van der Waals surface area contributed by atoms with Crippen molar-refractivity contribution in [1.82, 2.24) is 10.2 Å². The van der Waals surface area contributed by atoms with Crippen LogP contribution in [0.2, 0.25) is 0 Å². The molecule has 0 bridgehead atoms. The number of morpholine rings is 1. The minimum absolute atomic E-state index is 0.0256. The molecule has 2 amide bonds. The van der Waals surface area contributed by atoms with Gasteiger partial charge in [0.15, 0.2) is 0 Å². The fourth-order valence-electron chi connectivity index (χ4n) is 2.84. The molecule has 0 radical (unpaired) electrons. The predicted molar refractivity (Wildman–Crippen MR) is 80.2 cm³/mol. The molecule has 6 heteroatoms. The molecule has 2 N–H and O–H groups in total. The third kappa shape index (κ3) is 6.80. The van der Waals surface area contributed by atoms with Gasteiger partial charge >= 0.3 is 12.0 Å².